The third-order valence-corrected chi connectivity index (χ3v) is 4.74. The molecule has 1 aliphatic rings. The Bertz CT molecular complexity index is 946. The number of aryl methyl sites for hydroxylation is 2. The molecule has 2 aromatic carbocycles. The molecule has 4 rings (SSSR count). The predicted molar refractivity (Wildman–Crippen MR) is 100 cm³/mol. The van der Waals surface area contributed by atoms with Gasteiger partial charge >= 0.3 is 0 Å². The summed E-state index contributed by atoms with van der Waals surface area (Å²) < 4.78 is 12.9. The molecule has 5 heteroatoms. The maximum atomic E-state index is 12.2. The maximum absolute atomic E-state index is 12.2. The molecule has 0 fully saturated rings. The minimum Gasteiger partial charge on any atom is -0.454 e. The van der Waals surface area contributed by atoms with Gasteiger partial charge in [0.15, 0.2) is 11.5 Å². The van der Waals surface area contributed by atoms with Gasteiger partial charge in [-0.25, -0.2) is 0 Å². The minimum atomic E-state index is 0.0499. The summed E-state index contributed by atoms with van der Waals surface area (Å²) in [6, 6.07) is 14.3. The lowest BCUT2D eigenvalue weighted by molar-refractivity contribution is -0.121. The first-order valence-electron chi connectivity index (χ1n) is 8.96. The van der Waals surface area contributed by atoms with Gasteiger partial charge in [0.25, 0.3) is 0 Å². The molecular formula is C21H22N2O3. The lowest BCUT2D eigenvalue weighted by Crippen LogP contribution is -2.22. The normalized spacial score (nSPS) is 12.5. The van der Waals surface area contributed by atoms with Crippen LogP contribution in [0.4, 0.5) is 0 Å². The Balaban J connectivity index is 1.31. The molecule has 0 atom stereocenters. The van der Waals surface area contributed by atoms with Crippen molar-refractivity contribution in [3.8, 4) is 11.5 Å². The fourth-order valence-corrected chi connectivity index (χ4v) is 3.28. The first kappa shape index (κ1) is 16.5. The van der Waals surface area contributed by atoms with Gasteiger partial charge in [0.2, 0.25) is 12.7 Å². The van der Waals surface area contributed by atoms with Crippen LogP contribution in [-0.2, 0) is 24.3 Å². The Morgan fingerprint density at radius 1 is 1.08 bits per heavy atom. The number of carbonyl (C=O) groups is 1. The zero-order valence-corrected chi connectivity index (χ0v) is 14.8. The van der Waals surface area contributed by atoms with Crippen molar-refractivity contribution in [2.75, 3.05) is 6.79 Å². The van der Waals surface area contributed by atoms with Crippen LogP contribution in [0.15, 0.2) is 48.7 Å². The van der Waals surface area contributed by atoms with Crippen molar-refractivity contribution >= 4 is 16.8 Å². The number of aromatic nitrogens is 1. The molecule has 0 saturated heterocycles. The molecule has 1 aliphatic heterocycles. The molecule has 3 aromatic rings. The highest BCUT2D eigenvalue weighted by atomic mass is 16.7. The molecule has 5 nitrogen and oxygen atoms in total. The first-order chi connectivity index (χ1) is 12.7. The number of hydrogen-bond donors (Lipinski definition) is 1. The van der Waals surface area contributed by atoms with E-state index in [0.29, 0.717) is 13.0 Å². The molecule has 0 unspecified atom stereocenters. The van der Waals surface area contributed by atoms with E-state index in [-0.39, 0.29) is 12.7 Å². The van der Waals surface area contributed by atoms with Crippen molar-refractivity contribution < 1.29 is 14.3 Å². The predicted octanol–water partition coefficient (Wildman–Crippen LogP) is 3.64. The molecule has 0 aliphatic carbocycles. The van der Waals surface area contributed by atoms with Crippen LogP contribution in [-0.4, -0.2) is 17.3 Å². The second-order valence-electron chi connectivity index (χ2n) is 6.46. The lowest BCUT2D eigenvalue weighted by Gasteiger charge is -2.07. The van der Waals surface area contributed by atoms with E-state index >= 15 is 0 Å². The lowest BCUT2D eigenvalue weighted by atomic mass is 10.1. The highest BCUT2D eigenvalue weighted by Gasteiger charge is 2.13. The number of amides is 1. The van der Waals surface area contributed by atoms with E-state index < -0.39 is 0 Å². The van der Waals surface area contributed by atoms with Crippen LogP contribution < -0.4 is 14.8 Å². The van der Waals surface area contributed by atoms with Crippen molar-refractivity contribution in [1.29, 1.82) is 0 Å². The summed E-state index contributed by atoms with van der Waals surface area (Å²) in [5.74, 6) is 1.55. The molecular weight excluding hydrogens is 328 g/mol. The Morgan fingerprint density at radius 2 is 1.92 bits per heavy atom. The molecule has 0 bridgehead atoms. The third kappa shape index (κ3) is 3.38. The van der Waals surface area contributed by atoms with E-state index in [0.717, 1.165) is 30.0 Å². The van der Waals surface area contributed by atoms with Gasteiger partial charge in [0, 0.05) is 31.2 Å². The second-order valence-corrected chi connectivity index (χ2v) is 6.46. The fraction of sp³-hybridized carbons (Fsp3) is 0.286. The molecule has 2 heterocycles. The average molecular weight is 350 g/mol. The Morgan fingerprint density at radius 3 is 2.81 bits per heavy atom. The van der Waals surface area contributed by atoms with Crippen molar-refractivity contribution in [1.82, 2.24) is 9.88 Å². The molecule has 1 amide bonds. The van der Waals surface area contributed by atoms with Crippen LogP contribution in [0.1, 0.15) is 24.5 Å². The molecule has 1 aromatic heterocycles. The Kier molecular flexibility index (Phi) is 4.52. The SMILES string of the molecule is CCn1ccc2cc(CCC(=O)NCc3ccc4c(c3)OCO4)ccc21. The largest absolute Gasteiger partial charge is 0.454 e. The van der Waals surface area contributed by atoms with Crippen molar-refractivity contribution in [3.05, 3.63) is 59.8 Å². The minimum absolute atomic E-state index is 0.0499. The van der Waals surface area contributed by atoms with Crippen LogP contribution in [0, 0.1) is 0 Å². The van der Waals surface area contributed by atoms with E-state index in [1.165, 1.54) is 16.5 Å². The van der Waals surface area contributed by atoms with Crippen molar-refractivity contribution in [2.45, 2.75) is 32.9 Å². The summed E-state index contributed by atoms with van der Waals surface area (Å²) in [5, 5.41) is 4.20. The van der Waals surface area contributed by atoms with Gasteiger partial charge in [0.1, 0.15) is 0 Å². The van der Waals surface area contributed by atoms with Gasteiger partial charge in [-0.2, -0.15) is 0 Å². The average Bonchev–Trinajstić information content (AvgIpc) is 3.30. The monoisotopic (exact) mass is 350 g/mol. The number of fused-ring (bicyclic) bond motifs is 2. The van der Waals surface area contributed by atoms with Crippen LogP contribution in [0.25, 0.3) is 10.9 Å². The zero-order valence-electron chi connectivity index (χ0n) is 14.8. The molecule has 0 radical (unpaired) electrons. The number of nitrogens with one attached hydrogen (secondary N) is 1. The molecule has 26 heavy (non-hydrogen) atoms. The standard InChI is InChI=1S/C21H22N2O3/c1-2-23-10-9-17-11-15(3-6-18(17)23)5-8-21(24)22-13-16-4-7-19-20(12-16)26-14-25-19/h3-4,6-7,9-12H,2,5,8,13-14H2,1H3,(H,22,24). The Labute approximate surface area is 152 Å². The van der Waals surface area contributed by atoms with E-state index in [1.807, 2.05) is 18.2 Å². The summed E-state index contributed by atoms with van der Waals surface area (Å²) in [6.07, 6.45) is 3.32. The number of hydrogen-bond acceptors (Lipinski definition) is 3. The van der Waals surface area contributed by atoms with Gasteiger partial charge in [-0.1, -0.05) is 12.1 Å². The zero-order chi connectivity index (χ0) is 17.9. The highest BCUT2D eigenvalue weighted by molar-refractivity contribution is 5.81. The smallest absolute Gasteiger partial charge is 0.231 e. The summed E-state index contributed by atoms with van der Waals surface area (Å²) in [4.78, 5) is 12.2. The third-order valence-electron chi connectivity index (χ3n) is 4.74. The summed E-state index contributed by atoms with van der Waals surface area (Å²) in [6.45, 7) is 3.86. The van der Waals surface area contributed by atoms with Crippen LogP contribution >= 0.6 is 0 Å². The summed E-state index contributed by atoms with van der Waals surface area (Å²) >= 11 is 0. The summed E-state index contributed by atoms with van der Waals surface area (Å²) in [7, 11) is 0. The topological polar surface area (TPSA) is 52.5 Å². The number of carbonyl (C=O) groups excluding carboxylic acids is 1. The number of benzene rings is 2. The maximum Gasteiger partial charge on any atom is 0.231 e. The second kappa shape index (κ2) is 7.12. The van der Waals surface area contributed by atoms with Gasteiger partial charge in [-0.05, 0) is 60.2 Å². The number of rotatable bonds is 6. The van der Waals surface area contributed by atoms with Crippen molar-refractivity contribution in [2.24, 2.45) is 0 Å². The number of nitrogens with zero attached hydrogens (tertiary/aromatic N) is 1. The fourth-order valence-electron chi connectivity index (χ4n) is 3.28. The van der Waals surface area contributed by atoms with Gasteiger partial charge in [0.05, 0.1) is 0 Å². The van der Waals surface area contributed by atoms with Crippen LogP contribution in [0.2, 0.25) is 0 Å². The van der Waals surface area contributed by atoms with Gasteiger partial charge < -0.3 is 19.4 Å². The van der Waals surface area contributed by atoms with Crippen molar-refractivity contribution in [3.63, 3.8) is 0 Å². The molecule has 0 spiro atoms. The van der Waals surface area contributed by atoms with E-state index in [9.17, 15) is 4.79 Å². The van der Waals surface area contributed by atoms with E-state index in [2.05, 4.69) is 47.3 Å². The molecule has 0 saturated carbocycles. The Hall–Kier alpha value is -2.95. The number of ether oxygens (including phenoxy) is 2. The van der Waals surface area contributed by atoms with Crippen LogP contribution in [0.5, 0.6) is 11.5 Å². The summed E-state index contributed by atoms with van der Waals surface area (Å²) in [5.41, 5.74) is 3.43. The molecule has 134 valence electrons. The highest BCUT2D eigenvalue weighted by Crippen LogP contribution is 2.32. The van der Waals surface area contributed by atoms with E-state index in [4.69, 9.17) is 9.47 Å². The first-order valence-corrected chi connectivity index (χ1v) is 8.96. The quantitative estimate of drug-likeness (QED) is 0.738. The van der Waals surface area contributed by atoms with Gasteiger partial charge in [-0.3, -0.25) is 4.79 Å². The van der Waals surface area contributed by atoms with Crippen LogP contribution in [0.3, 0.4) is 0 Å². The van der Waals surface area contributed by atoms with Gasteiger partial charge in [-0.15, -0.1) is 0 Å². The van der Waals surface area contributed by atoms with E-state index in [1.54, 1.807) is 0 Å². The molecule has 1 N–H and O–H groups in total.